The standard InChI is InChI=1S/C24H24NO5P/c1-3-29-31(27,30-4-2)23(21-16-28-22-12-8-7-11-20(21)22)24(26)25-19-14-13-17-9-5-6-10-18(17)15-19/h5-16,23H,3-4H2,1-2H3,(H,25,26). The lowest BCUT2D eigenvalue weighted by molar-refractivity contribution is -0.116. The Balaban J connectivity index is 1.77. The molecule has 0 saturated carbocycles. The third-order valence-electron chi connectivity index (χ3n) is 5.01. The van der Waals surface area contributed by atoms with E-state index in [-0.39, 0.29) is 13.2 Å². The molecule has 1 atom stereocenters. The zero-order chi connectivity index (χ0) is 21.8. The lowest BCUT2D eigenvalue weighted by Crippen LogP contribution is -2.23. The lowest BCUT2D eigenvalue weighted by atomic mass is 10.1. The maximum Gasteiger partial charge on any atom is 0.347 e. The first-order chi connectivity index (χ1) is 15.1. The van der Waals surface area contributed by atoms with E-state index >= 15 is 0 Å². The maximum atomic E-state index is 13.8. The van der Waals surface area contributed by atoms with Gasteiger partial charge in [0.2, 0.25) is 5.91 Å². The van der Waals surface area contributed by atoms with Gasteiger partial charge in [-0.05, 0) is 42.8 Å². The Kier molecular flexibility index (Phi) is 6.23. The number of fused-ring (bicyclic) bond motifs is 2. The number of hydrogen-bond donors (Lipinski definition) is 1. The first-order valence-electron chi connectivity index (χ1n) is 10.2. The van der Waals surface area contributed by atoms with Crippen molar-refractivity contribution in [2.75, 3.05) is 18.5 Å². The van der Waals surface area contributed by atoms with Crippen LogP contribution in [0.3, 0.4) is 0 Å². The first-order valence-corrected chi connectivity index (χ1v) is 11.8. The van der Waals surface area contributed by atoms with E-state index in [2.05, 4.69) is 5.32 Å². The fourth-order valence-electron chi connectivity index (χ4n) is 3.69. The summed E-state index contributed by atoms with van der Waals surface area (Å²) in [7, 11) is -3.84. The van der Waals surface area contributed by atoms with Crippen LogP contribution in [0.15, 0.2) is 77.4 Å². The Bertz CT molecular complexity index is 1260. The van der Waals surface area contributed by atoms with Crippen molar-refractivity contribution in [2.24, 2.45) is 0 Å². The van der Waals surface area contributed by atoms with E-state index in [4.69, 9.17) is 13.5 Å². The summed E-state index contributed by atoms with van der Waals surface area (Å²) < 4.78 is 30.5. The number of para-hydroxylation sites is 1. The SMILES string of the molecule is CCOP(=O)(OCC)C(C(=O)Nc1ccc2ccccc2c1)c1coc2ccccc12. The van der Waals surface area contributed by atoms with Gasteiger partial charge in [0.1, 0.15) is 5.58 Å². The van der Waals surface area contributed by atoms with Crippen LogP contribution in [0.4, 0.5) is 5.69 Å². The van der Waals surface area contributed by atoms with Crippen molar-refractivity contribution in [1.82, 2.24) is 0 Å². The summed E-state index contributed by atoms with van der Waals surface area (Å²) in [5, 5.41) is 5.64. The topological polar surface area (TPSA) is 77.8 Å². The molecular weight excluding hydrogens is 413 g/mol. The quantitative estimate of drug-likeness (QED) is 0.317. The van der Waals surface area contributed by atoms with Gasteiger partial charge in [-0.1, -0.05) is 48.5 Å². The van der Waals surface area contributed by atoms with Crippen molar-refractivity contribution in [3.63, 3.8) is 0 Å². The molecule has 7 heteroatoms. The van der Waals surface area contributed by atoms with E-state index in [0.29, 0.717) is 22.2 Å². The zero-order valence-corrected chi connectivity index (χ0v) is 18.3. The Morgan fingerprint density at radius 3 is 2.39 bits per heavy atom. The Hall–Kier alpha value is -2.92. The number of amides is 1. The third-order valence-corrected chi connectivity index (χ3v) is 7.39. The fraction of sp³-hybridized carbons (Fsp3) is 0.208. The van der Waals surface area contributed by atoms with Gasteiger partial charge in [0.25, 0.3) is 0 Å². The highest BCUT2D eigenvalue weighted by molar-refractivity contribution is 7.55. The summed E-state index contributed by atoms with van der Waals surface area (Å²) in [4.78, 5) is 13.5. The molecule has 31 heavy (non-hydrogen) atoms. The van der Waals surface area contributed by atoms with Gasteiger partial charge in [-0.25, -0.2) is 0 Å². The lowest BCUT2D eigenvalue weighted by Gasteiger charge is -2.25. The molecule has 0 radical (unpaired) electrons. The molecule has 160 valence electrons. The molecule has 1 amide bonds. The number of benzene rings is 3. The van der Waals surface area contributed by atoms with E-state index < -0.39 is 19.2 Å². The van der Waals surface area contributed by atoms with Crippen LogP contribution in [0.5, 0.6) is 0 Å². The summed E-state index contributed by atoms with van der Waals surface area (Å²) in [6.45, 7) is 3.73. The number of furan rings is 1. The number of hydrogen-bond acceptors (Lipinski definition) is 5. The number of rotatable bonds is 8. The molecule has 1 aromatic heterocycles. The van der Waals surface area contributed by atoms with Crippen molar-refractivity contribution in [3.8, 4) is 0 Å². The normalized spacial score (nSPS) is 12.8. The largest absolute Gasteiger partial charge is 0.464 e. The second kappa shape index (κ2) is 9.06. The molecule has 0 aliphatic carbocycles. The summed E-state index contributed by atoms with van der Waals surface area (Å²) >= 11 is 0. The predicted octanol–water partition coefficient (Wildman–Crippen LogP) is 6.53. The number of carbonyl (C=O) groups is 1. The Labute approximate surface area is 180 Å². The van der Waals surface area contributed by atoms with Crippen LogP contribution < -0.4 is 5.32 Å². The molecule has 0 spiro atoms. The van der Waals surface area contributed by atoms with Crippen molar-refractivity contribution in [1.29, 1.82) is 0 Å². The van der Waals surface area contributed by atoms with Crippen LogP contribution in [0, 0.1) is 0 Å². The minimum Gasteiger partial charge on any atom is -0.464 e. The Morgan fingerprint density at radius 2 is 1.65 bits per heavy atom. The molecule has 0 fully saturated rings. The van der Waals surface area contributed by atoms with Crippen LogP contribution in [0.25, 0.3) is 21.7 Å². The van der Waals surface area contributed by atoms with E-state index in [1.165, 1.54) is 6.26 Å². The van der Waals surface area contributed by atoms with Gasteiger partial charge in [-0.15, -0.1) is 0 Å². The molecule has 4 aromatic rings. The molecule has 1 N–H and O–H groups in total. The van der Waals surface area contributed by atoms with Crippen molar-refractivity contribution in [3.05, 3.63) is 78.6 Å². The smallest absolute Gasteiger partial charge is 0.347 e. The van der Waals surface area contributed by atoms with E-state index in [1.807, 2.05) is 60.7 Å². The van der Waals surface area contributed by atoms with E-state index in [9.17, 15) is 9.36 Å². The van der Waals surface area contributed by atoms with Gasteiger partial charge in [-0.2, -0.15) is 0 Å². The van der Waals surface area contributed by atoms with Gasteiger partial charge < -0.3 is 18.8 Å². The average molecular weight is 437 g/mol. The fourth-order valence-corrected chi connectivity index (χ4v) is 5.67. The third kappa shape index (κ3) is 4.28. The van der Waals surface area contributed by atoms with Crippen molar-refractivity contribution in [2.45, 2.75) is 19.5 Å². The molecule has 3 aromatic carbocycles. The summed E-state index contributed by atoms with van der Waals surface area (Å²) in [5.74, 6) is -0.480. The molecule has 0 saturated heterocycles. The van der Waals surface area contributed by atoms with Crippen molar-refractivity contribution >= 4 is 40.9 Å². The highest BCUT2D eigenvalue weighted by atomic mass is 31.2. The number of nitrogens with one attached hydrogen (secondary N) is 1. The predicted molar refractivity (Wildman–Crippen MR) is 122 cm³/mol. The first kappa shape index (κ1) is 21.3. The van der Waals surface area contributed by atoms with Crippen LogP contribution in [-0.4, -0.2) is 19.1 Å². The highest BCUT2D eigenvalue weighted by Crippen LogP contribution is 2.62. The minimum absolute atomic E-state index is 0.146. The molecule has 1 unspecified atom stereocenters. The monoisotopic (exact) mass is 437 g/mol. The molecular formula is C24H24NO5P. The number of anilines is 1. The van der Waals surface area contributed by atoms with Gasteiger partial charge in [0.05, 0.1) is 19.5 Å². The molecule has 4 rings (SSSR count). The second-order valence-electron chi connectivity index (χ2n) is 7.02. The van der Waals surface area contributed by atoms with Gasteiger partial charge in [-0.3, -0.25) is 9.36 Å². The molecule has 6 nitrogen and oxygen atoms in total. The molecule has 0 bridgehead atoms. The molecule has 0 aliphatic rings. The van der Waals surface area contributed by atoms with E-state index in [1.54, 1.807) is 19.9 Å². The van der Waals surface area contributed by atoms with E-state index in [0.717, 1.165) is 10.8 Å². The second-order valence-corrected chi connectivity index (χ2v) is 9.13. The van der Waals surface area contributed by atoms with Crippen LogP contribution in [0.1, 0.15) is 25.1 Å². The summed E-state index contributed by atoms with van der Waals surface area (Å²) in [6.07, 6.45) is 1.46. The van der Waals surface area contributed by atoms with Gasteiger partial charge in [0.15, 0.2) is 5.66 Å². The zero-order valence-electron chi connectivity index (χ0n) is 17.4. The number of carbonyl (C=O) groups excluding carboxylic acids is 1. The summed E-state index contributed by atoms with van der Waals surface area (Å²) in [6, 6.07) is 20.8. The summed E-state index contributed by atoms with van der Waals surface area (Å²) in [5.41, 5.74) is 0.489. The average Bonchev–Trinajstić information content (AvgIpc) is 3.18. The Morgan fingerprint density at radius 1 is 0.968 bits per heavy atom. The van der Waals surface area contributed by atoms with Crippen LogP contribution in [-0.2, 0) is 18.4 Å². The molecule has 1 heterocycles. The highest BCUT2D eigenvalue weighted by Gasteiger charge is 2.44. The van der Waals surface area contributed by atoms with Crippen LogP contribution in [0.2, 0.25) is 0 Å². The molecule has 0 aliphatic heterocycles. The van der Waals surface area contributed by atoms with Crippen LogP contribution >= 0.6 is 7.60 Å². The van der Waals surface area contributed by atoms with Crippen molar-refractivity contribution < 1.29 is 22.8 Å². The maximum absolute atomic E-state index is 13.8. The van der Waals surface area contributed by atoms with Gasteiger partial charge in [0, 0.05) is 16.6 Å². The minimum atomic E-state index is -3.84. The van der Waals surface area contributed by atoms with Gasteiger partial charge >= 0.3 is 7.60 Å².